The number of aromatic nitrogens is 4. The maximum atomic E-state index is 12.7. The number of nitrogens with one attached hydrogen (secondary N) is 1. The highest BCUT2D eigenvalue weighted by Gasteiger charge is 2.24. The van der Waals surface area contributed by atoms with Gasteiger partial charge in [0.2, 0.25) is 10.0 Å². The van der Waals surface area contributed by atoms with Crippen molar-refractivity contribution in [1.29, 1.82) is 0 Å². The Morgan fingerprint density at radius 1 is 1.12 bits per heavy atom. The smallest absolute Gasteiger partial charge is 0.244 e. The summed E-state index contributed by atoms with van der Waals surface area (Å²) in [6.07, 6.45) is 1.44. The van der Waals surface area contributed by atoms with Crippen molar-refractivity contribution >= 4 is 10.0 Å². The van der Waals surface area contributed by atoms with Gasteiger partial charge in [-0.3, -0.25) is 4.68 Å². The van der Waals surface area contributed by atoms with Crippen molar-refractivity contribution in [2.45, 2.75) is 38.8 Å². The van der Waals surface area contributed by atoms with Crippen LogP contribution in [0.1, 0.15) is 24.0 Å². The van der Waals surface area contributed by atoms with Crippen LogP contribution >= 0.6 is 0 Å². The summed E-state index contributed by atoms with van der Waals surface area (Å²) in [4.78, 5) is 8.66. The first kappa shape index (κ1) is 18.2. The van der Waals surface area contributed by atoms with E-state index in [0.29, 0.717) is 23.6 Å². The number of aryl methyl sites for hydroxylation is 2. The molecule has 7 nitrogen and oxygen atoms in total. The van der Waals surface area contributed by atoms with Crippen molar-refractivity contribution in [3.63, 3.8) is 0 Å². The third kappa shape index (κ3) is 3.66. The minimum Gasteiger partial charge on any atom is -0.268 e. The summed E-state index contributed by atoms with van der Waals surface area (Å²) in [5, 5.41) is 4.28. The lowest BCUT2D eigenvalue weighted by Gasteiger charge is -2.08. The Labute approximate surface area is 153 Å². The van der Waals surface area contributed by atoms with Crippen molar-refractivity contribution in [3.05, 3.63) is 59.8 Å². The standard InChI is InChI=1S/C18H21N5O2S/c1-4-23-14(3)18(13(2)22-23)26(24,25)21-11-16-10-17(20-12-19-16)15-8-6-5-7-9-15/h5-10,12,21H,4,11H2,1-3H3. The predicted molar refractivity (Wildman–Crippen MR) is 98.9 cm³/mol. The van der Waals surface area contributed by atoms with Gasteiger partial charge in [-0.2, -0.15) is 5.10 Å². The second-order valence-corrected chi connectivity index (χ2v) is 7.60. The van der Waals surface area contributed by atoms with Crippen LogP contribution in [0.4, 0.5) is 0 Å². The summed E-state index contributed by atoms with van der Waals surface area (Å²) in [7, 11) is -3.68. The van der Waals surface area contributed by atoms with Crippen LogP contribution < -0.4 is 4.72 Å². The Hall–Kier alpha value is -2.58. The van der Waals surface area contributed by atoms with E-state index in [2.05, 4.69) is 19.8 Å². The van der Waals surface area contributed by atoms with Gasteiger partial charge in [-0.1, -0.05) is 30.3 Å². The van der Waals surface area contributed by atoms with Crippen LogP contribution in [0.5, 0.6) is 0 Å². The van der Waals surface area contributed by atoms with E-state index in [9.17, 15) is 8.42 Å². The zero-order chi connectivity index (χ0) is 18.7. The molecule has 0 atom stereocenters. The lowest BCUT2D eigenvalue weighted by Crippen LogP contribution is -2.25. The Morgan fingerprint density at radius 3 is 2.50 bits per heavy atom. The second kappa shape index (κ2) is 7.35. The van der Waals surface area contributed by atoms with E-state index >= 15 is 0 Å². The van der Waals surface area contributed by atoms with E-state index < -0.39 is 10.0 Å². The molecule has 0 unspecified atom stereocenters. The number of benzene rings is 1. The monoisotopic (exact) mass is 371 g/mol. The van der Waals surface area contributed by atoms with Gasteiger partial charge in [0.15, 0.2) is 0 Å². The molecule has 2 aromatic heterocycles. The topological polar surface area (TPSA) is 89.8 Å². The third-order valence-electron chi connectivity index (χ3n) is 4.12. The van der Waals surface area contributed by atoms with E-state index in [0.717, 1.165) is 11.3 Å². The molecule has 0 aliphatic carbocycles. The molecule has 8 heteroatoms. The molecule has 0 saturated heterocycles. The van der Waals surface area contributed by atoms with Crippen molar-refractivity contribution in [3.8, 4) is 11.3 Å². The molecule has 3 rings (SSSR count). The SMILES string of the molecule is CCn1nc(C)c(S(=O)(=O)NCc2cc(-c3ccccc3)ncn2)c1C. The summed E-state index contributed by atoms with van der Waals surface area (Å²) in [6, 6.07) is 11.5. The number of rotatable bonds is 6. The van der Waals surface area contributed by atoms with Gasteiger partial charge >= 0.3 is 0 Å². The van der Waals surface area contributed by atoms with Crippen LogP contribution in [0.2, 0.25) is 0 Å². The molecule has 3 aromatic rings. The highest BCUT2D eigenvalue weighted by atomic mass is 32.2. The summed E-state index contributed by atoms with van der Waals surface area (Å²) < 4.78 is 29.7. The molecule has 0 amide bonds. The fourth-order valence-electron chi connectivity index (χ4n) is 2.88. The van der Waals surface area contributed by atoms with Gasteiger partial charge < -0.3 is 0 Å². The number of nitrogens with zero attached hydrogens (tertiary/aromatic N) is 4. The Kier molecular flexibility index (Phi) is 5.15. The molecule has 0 saturated carbocycles. The molecule has 26 heavy (non-hydrogen) atoms. The Balaban J connectivity index is 1.82. The van der Waals surface area contributed by atoms with E-state index in [-0.39, 0.29) is 11.4 Å². The maximum Gasteiger partial charge on any atom is 0.244 e. The van der Waals surface area contributed by atoms with Crippen molar-refractivity contribution in [1.82, 2.24) is 24.5 Å². The lowest BCUT2D eigenvalue weighted by atomic mass is 10.1. The number of sulfonamides is 1. The van der Waals surface area contributed by atoms with E-state index in [1.807, 2.05) is 37.3 Å². The summed E-state index contributed by atoms with van der Waals surface area (Å²) >= 11 is 0. The fraction of sp³-hybridized carbons (Fsp3) is 0.278. The van der Waals surface area contributed by atoms with Crippen LogP contribution in [-0.4, -0.2) is 28.2 Å². The molecule has 0 aliphatic heterocycles. The molecular formula is C18H21N5O2S. The van der Waals surface area contributed by atoms with Gasteiger partial charge in [0.25, 0.3) is 0 Å². The van der Waals surface area contributed by atoms with Gasteiger partial charge in [-0.25, -0.2) is 23.1 Å². The van der Waals surface area contributed by atoms with Crippen molar-refractivity contribution in [2.24, 2.45) is 0 Å². The predicted octanol–water partition coefficient (Wildman–Crippen LogP) is 2.46. The molecule has 0 fully saturated rings. The minimum absolute atomic E-state index is 0.0842. The normalized spacial score (nSPS) is 11.7. The first-order chi connectivity index (χ1) is 12.4. The molecule has 0 radical (unpaired) electrons. The van der Waals surface area contributed by atoms with Crippen LogP contribution in [-0.2, 0) is 23.1 Å². The molecule has 1 aromatic carbocycles. The Morgan fingerprint density at radius 2 is 1.85 bits per heavy atom. The molecule has 0 bridgehead atoms. The quantitative estimate of drug-likeness (QED) is 0.719. The molecule has 1 N–H and O–H groups in total. The zero-order valence-corrected chi connectivity index (χ0v) is 15.8. The minimum atomic E-state index is -3.68. The van der Waals surface area contributed by atoms with Crippen LogP contribution in [0, 0.1) is 13.8 Å². The van der Waals surface area contributed by atoms with Gasteiger partial charge in [0.1, 0.15) is 11.2 Å². The highest BCUT2D eigenvalue weighted by molar-refractivity contribution is 7.89. The average Bonchev–Trinajstić information content (AvgIpc) is 2.95. The van der Waals surface area contributed by atoms with E-state index in [4.69, 9.17) is 0 Å². The first-order valence-electron chi connectivity index (χ1n) is 8.32. The highest BCUT2D eigenvalue weighted by Crippen LogP contribution is 2.20. The molecule has 136 valence electrons. The van der Waals surface area contributed by atoms with Gasteiger partial charge in [0.05, 0.1) is 29.3 Å². The van der Waals surface area contributed by atoms with Crippen LogP contribution in [0.3, 0.4) is 0 Å². The van der Waals surface area contributed by atoms with Crippen LogP contribution in [0.15, 0.2) is 47.6 Å². The Bertz CT molecular complexity index is 1010. The molecule has 2 heterocycles. The maximum absolute atomic E-state index is 12.7. The first-order valence-corrected chi connectivity index (χ1v) is 9.80. The number of hydrogen-bond acceptors (Lipinski definition) is 5. The number of hydrogen-bond donors (Lipinski definition) is 1. The van der Waals surface area contributed by atoms with Gasteiger partial charge in [0, 0.05) is 12.1 Å². The van der Waals surface area contributed by atoms with E-state index in [1.54, 1.807) is 24.6 Å². The lowest BCUT2D eigenvalue weighted by molar-refractivity contribution is 0.578. The van der Waals surface area contributed by atoms with Crippen molar-refractivity contribution < 1.29 is 8.42 Å². The summed E-state index contributed by atoms with van der Waals surface area (Å²) in [6.45, 7) is 6.09. The summed E-state index contributed by atoms with van der Waals surface area (Å²) in [5.74, 6) is 0. The largest absolute Gasteiger partial charge is 0.268 e. The van der Waals surface area contributed by atoms with E-state index in [1.165, 1.54) is 6.33 Å². The molecule has 0 aliphatic rings. The second-order valence-electron chi connectivity index (χ2n) is 5.90. The van der Waals surface area contributed by atoms with Gasteiger partial charge in [-0.15, -0.1) is 0 Å². The fourth-order valence-corrected chi connectivity index (χ4v) is 4.29. The summed E-state index contributed by atoms with van der Waals surface area (Å²) in [5.41, 5.74) is 3.42. The van der Waals surface area contributed by atoms with Crippen molar-refractivity contribution in [2.75, 3.05) is 0 Å². The molecule has 0 spiro atoms. The average molecular weight is 371 g/mol. The third-order valence-corrected chi connectivity index (χ3v) is 5.77. The van der Waals surface area contributed by atoms with Gasteiger partial charge in [-0.05, 0) is 26.8 Å². The zero-order valence-electron chi connectivity index (χ0n) is 15.0. The van der Waals surface area contributed by atoms with Crippen LogP contribution in [0.25, 0.3) is 11.3 Å². The molecular weight excluding hydrogens is 350 g/mol.